The normalized spacial score (nSPS) is 20.9. The van der Waals surface area contributed by atoms with Crippen LogP contribution >= 0.6 is 0 Å². The number of benzene rings is 1. The molecule has 2 atom stereocenters. The van der Waals surface area contributed by atoms with Crippen molar-refractivity contribution in [3.05, 3.63) is 46.7 Å². The van der Waals surface area contributed by atoms with Gasteiger partial charge in [-0.1, -0.05) is 19.0 Å². The molecule has 1 aliphatic heterocycles. The number of piperidine rings is 1. The van der Waals surface area contributed by atoms with Crippen LogP contribution in [-0.2, 0) is 12.4 Å². The maximum Gasteiger partial charge on any atom is 0.416 e. The van der Waals surface area contributed by atoms with Gasteiger partial charge in [0.15, 0.2) is 5.82 Å². The smallest absolute Gasteiger partial charge is 0.416 e. The zero-order valence-corrected chi connectivity index (χ0v) is 19.7. The highest BCUT2D eigenvalue weighted by molar-refractivity contribution is 6.06. The Morgan fingerprint density at radius 2 is 1.50 bits per heavy atom. The fraction of sp³-hybridized carbons (Fsp3) is 0.522. The summed E-state index contributed by atoms with van der Waals surface area (Å²) in [4.78, 5) is 27.8. The van der Waals surface area contributed by atoms with Gasteiger partial charge in [-0.2, -0.15) is 26.3 Å². The van der Waals surface area contributed by atoms with Crippen LogP contribution in [0.5, 0.6) is 0 Å². The van der Waals surface area contributed by atoms with Crippen molar-refractivity contribution in [3.63, 3.8) is 0 Å². The summed E-state index contributed by atoms with van der Waals surface area (Å²) in [5.74, 6) is -0.940. The van der Waals surface area contributed by atoms with Gasteiger partial charge in [-0.25, -0.2) is 4.79 Å². The van der Waals surface area contributed by atoms with Crippen LogP contribution in [0.3, 0.4) is 0 Å². The van der Waals surface area contributed by atoms with Crippen LogP contribution in [-0.4, -0.2) is 45.3 Å². The van der Waals surface area contributed by atoms with Crippen molar-refractivity contribution in [1.82, 2.24) is 10.1 Å². The van der Waals surface area contributed by atoms with Gasteiger partial charge in [-0.05, 0) is 50.8 Å². The third kappa shape index (κ3) is 5.59. The van der Waals surface area contributed by atoms with Gasteiger partial charge >= 0.3 is 18.4 Å². The Hall–Kier alpha value is -3.25. The first kappa shape index (κ1) is 27.3. The number of rotatable bonds is 5. The first-order valence-electron chi connectivity index (χ1n) is 11.2. The molecule has 3 rings (SSSR count). The van der Waals surface area contributed by atoms with Gasteiger partial charge in [-0.3, -0.25) is 9.69 Å². The van der Waals surface area contributed by atoms with Crippen molar-refractivity contribution < 1.29 is 45.6 Å². The summed E-state index contributed by atoms with van der Waals surface area (Å²) in [5.41, 5.74) is -4.05. The quantitative estimate of drug-likeness (QED) is 0.463. The van der Waals surface area contributed by atoms with Gasteiger partial charge < -0.3 is 14.5 Å². The summed E-state index contributed by atoms with van der Waals surface area (Å²) in [7, 11) is 0. The van der Waals surface area contributed by atoms with Crippen molar-refractivity contribution in [1.29, 1.82) is 0 Å². The number of hydrogen-bond acceptors (Lipinski definition) is 4. The minimum atomic E-state index is -5.13. The topological polar surface area (TPSA) is 86.9 Å². The second-order valence-corrected chi connectivity index (χ2v) is 8.70. The molecule has 2 aromatic rings. The molecular formula is C23H25F6N3O4. The minimum Gasteiger partial charge on any atom is -0.465 e. The molecule has 13 heteroatoms. The molecule has 0 saturated carbocycles. The molecule has 36 heavy (non-hydrogen) atoms. The predicted octanol–water partition coefficient (Wildman–Crippen LogP) is 6.37. The summed E-state index contributed by atoms with van der Waals surface area (Å²) in [6.45, 7) is 5.02. The minimum absolute atomic E-state index is 0.0487. The molecule has 0 bridgehead atoms. The van der Waals surface area contributed by atoms with E-state index in [2.05, 4.69) is 5.16 Å². The van der Waals surface area contributed by atoms with Crippen molar-refractivity contribution in [2.45, 2.75) is 76.9 Å². The number of carboxylic acid groups (broad SMARTS) is 1. The molecule has 0 radical (unpaired) electrons. The van der Waals surface area contributed by atoms with E-state index in [1.807, 2.05) is 0 Å². The lowest BCUT2D eigenvalue weighted by atomic mass is 9.87. The number of anilines is 1. The number of alkyl halides is 6. The molecule has 2 amide bonds. The molecule has 1 aromatic carbocycles. The monoisotopic (exact) mass is 521 g/mol. The third-order valence-corrected chi connectivity index (χ3v) is 6.32. The zero-order valence-electron chi connectivity index (χ0n) is 19.7. The van der Waals surface area contributed by atoms with E-state index in [0.717, 1.165) is 4.90 Å². The highest BCUT2D eigenvalue weighted by Gasteiger charge is 2.43. The van der Waals surface area contributed by atoms with Crippen molar-refractivity contribution >= 4 is 17.8 Å². The summed E-state index contributed by atoms with van der Waals surface area (Å²) in [6, 6.07) is 0.242. The SMILES string of the molecule is CCC1CC(N(C(=O)c2cc(C(F)(F)F)cc(C(F)(F)F)c2)c2cc(C)on2)CC(CC)N1C(=O)O. The van der Waals surface area contributed by atoms with E-state index in [9.17, 15) is 41.0 Å². The van der Waals surface area contributed by atoms with Crippen molar-refractivity contribution in [2.24, 2.45) is 0 Å². The maximum absolute atomic E-state index is 13.6. The highest BCUT2D eigenvalue weighted by Crippen LogP contribution is 2.38. The second kappa shape index (κ2) is 10.0. The van der Waals surface area contributed by atoms with Crippen molar-refractivity contribution in [2.75, 3.05) is 4.90 Å². The molecule has 1 aliphatic rings. The Labute approximate surface area is 202 Å². The summed E-state index contributed by atoms with van der Waals surface area (Å²) in [6.07, 6.45) is -10.4. The van der Waals surface area contributed by atoms with Crippen LogP contribution in [0, 0.1) is 6.92 Å². The van der Waals surface area contributed by atoms with Crippen LogP contribution in [0.1, 0.15) is 66.8 Å². The number of nitrogens with zero attached hydrogens (tertiary/aromatic N) is 3. The molecular weight excluding hydrogens is 496 g/mol. The van der Waals surface area contributed by atoms with E-state index in [-0.39, 0.29) is 30.5 Å². The van der Waals surface area contributed by atoms with Gasteiger partial charge in [0.05, 0.1) is 11.1 Å². The molecule has 0 aliphatic carbocycles. The van der Waals surface area contributed by atoms with Crippen LogP contribution < -0.4 is 4.90 Å². The van der Waals surface area contributed by atoms with E-state index >= 15 is 0 Å². The zero-order chi connectivity index (χ0) is 27.0. The molecule has 198 valence electrons. The Balaban J connectivity index is 2.13. The van der Waals surface area contributed by atoms with E-state index in [0.29, 0.717) is 25.0 Å². The van der Waals surface area contributed by atoms with E-state index in [1.165, 1.54) is 17.9 Å². The van der Waals surface area contributed by atoms with Crippen molar-refractivity contribution in [3.8, 4) is 0 Å². The molecule has 0 spiro atoms. The number of carbonyl (C=O) groups is 2. The Morgan fingerprint density at radius 3 is 1.86 bits per heavy atom. The Kier molecular flexibility index (Phi) is 7.61. The van der Waals surface area contributed by atoms with Gasteiger partial charge in [0.2, 0.25) is 0 Å². The number of aryl methyl sites for hydroxylation is 1. The molecule has 7 nitrogen and oxygen atoms in total. The largest absolute Gasteiger partial charge is 0.465 e. The standard InChI is InChI=1S/C23H25F6N3O4/c1-4-16-10-18(11-17(5-2)31(16)21(34)35)32(19-6-12(3)36-30-19)20(33)13-7-14(22(24,25)26)9-15(8-13)23(27,28)29/h6-9,16-18H,4-5,10-11H2,1-3H3,(H,34,35). The second-order valence-electron chi connectivity index (χ2n) is 8.70. The fourth-order valence-electron chi connectivity index (χ4n) is 4.64. The summed E-state index contributed by atoms with van der Waals surface area (Å²) < 4.78 is 85.5. The third-order valence-electron chi connectivity index (χ3n) is 6.32. The molecule has 1 saturated heterocycles. The molecule has 1 fully saturated rings. The lowest BCUT2D eigenvalue weighted by molar-refractivity contribution is -0.143. The van der Waals surface area contributed by atoms with Gasteiger partial charge in [0, 0.05) is 29.8 Å². The number of carbonyl (C=O) groups excluding carboxylic acids is 1. The van der Waals surface area contributed by atoms with E-state index < -0.39 is 59.2 Å². The molecule has 1 aromatic heterocycles. The number of hydrogen-bond donors (Lipinski definition) is 1. The maximum atomic E-state index is 13.6. The number of amides is 2. The average Bonchev–Trinajstić information content (AvgIpc) is 3.22. The van der Waals surface area contributed by atoms with Crippen LogP contribution in [0.15, 0.2) is 28.8 Å². The van der Waals surface area contributed by atoms with Crippen LogP contribution in [0.4, 0.5) is 37.0 Å². The lowest BCUT2D eigenvalue weighted by Crippen LogP contribution is -2.57. The molecule has 1 N–H and O–H groups in total. The summed E-state index contributed by atoms with van der Waals surface area (Å²) in [5, 5.41) is 13.5. The van der Waals surface area contributed by atoms with Gasteiger partial charge in [0.1, 0.15) is 5.76 Å². The first-order valence-corrected chi connectivity index (χ1v) is 11.2. The van der Waals surface area contributed by atoms with Gasteiger partial charge in [-0.15, -0.1) is 0 Å². The van der Waals surface area contributed by atoms with E-state index in [4.69, 9.17) is 4.52 Å². The summed E-state index contributed by atoms with van der Waals surface area (Å²) >= 11 is 0. The lowest BCUT2D eigenvalue weighted by Gasteiger charge is -2.46. The Morgan fingerprint density at radius 1 is 1.00 bits per heavy atom. The molecule has 2 heterocycles. The Bertz CT molecular complexity index is 1070. The first-order chi connectivity index (χ1) is 16.7. The van der Waals surface area contributed by atoms with Crippen LogP contribution in [0.2, 0.25) is 0 Å². The number of likely N-dealkylation sites (tertiary alicyclic amines) is 1. The van der Waals surface area contributed by atoms with E-state index in [1.54, 1.807) is 13.8 Å². The number of halogens is 6. The number of aromatic nitrogens is 1. The molecule has 2 unspecified atom stereocenters. The fourth-order valence-corrected chi connectivity index (χ4v) is 4.64. The highest BCUT2D eigenvalue weighted by atomic mass is 19.4. The predicted molar refractivity (Wildman–Crippen MR) is 116 cm³/mol. The van der Waals surface area contributed by atoms with Crippen LogP contribution in [0.25, 0.3) is 0 Å². The average molecular weight is 521 g/mol. The van der Waals surface area contributed by atoms with Gasteiger partial charge in [0.25, 0.3) is 5.91 Å².